The summed E-state index contributed by atoms with van der Waals surface area (Å²) in [6.45, 7) is 0. The van der Waals surface area contributed by atoms with Gasteiger partial charge >= 0.3 is 0 Å². The third-order valence-electron chi connectivity index (χ3n) is 9.88. The van der Waals surface area contributed by atoms with Gasteiger partial charge in [-0.2, -0.15) is 0 Å². The lowest BCUT2D eigenvalue weighted by atomic mass is 9.89. The van der Waals surface area contributed by atoms with E-state index < -0.39 is 0 Å². The lowest BCUT2D eigenvalue weighted by molar-refractivity contribution is 1.30. The number of rotatable bonds is 5. The van der Waals surface area contributed by atoms with Crippen molar-refractivity contribution >= 4 is 71.3 Å². The molecule has 4 heteroatoms. The van der Waals surface area contributed by atoms with Gasteiger partial charge in [0.25, 0.3) is 0 Å². The third kappa shape index (κ3) is 4.72. The monoisotopic (exact) mass is 650 g/mol. The minimum atomic E-state index is 0.894. The Morgan fingerprint density at radius 2 is 1.10 bits per heavy atom. The molecule has 7 aromatic carbocycles. The summed E-state index contributed by atoms with van der Waals surface area (Å²) in [5, 5.41) is 7.85. The molecule has 0 fully saturated rings. The maximum Gasteiger partial charge on any atom is 0.0970 e. The second kappa shape index (κ2) is 11.9. The molecule has 4 nitrogen and oxygen atoms in total. The minimum absolute atomic E-state index is 0.894. The smallest absolute Gasteiger partial charge is 0.0970 e. The summed E-state index contributed by atoms with van der Waals surface area (Å²) in [6.07, 6.45) is 3.75. The molecular weight excluding hydrogens is 621 g/mol. The first-order valence-corrected chi connectivity index (χ1v) is 17.2. The van der Waals surface area contributed by atoms with Gasteiger partial charge in [-0.3, -0.25) is 9.97 Å². The fourth-order valence-electron chi connectivity index (χ4n) is 7.68. The van der Waals surface area contributed by atoms with E-state index in [-0.39, 0.29) is 0 Å². The highest BCUT2D eigenvalue weighted by molar-refractivity contribution is 6.30. The molecule has 0 atom stereocenters. The molecule has 0 radical (unpaired) electrons. The number of hydrogen-bond acceptors (Lipinski definition) is 4. The Morgan fingerprint density at radius 1 is 0.412 bits per heavy atom. The zero-order valence-electron chi connectivity index (χ0n) is 27.6. The zero-order valence-corrected chi connectivity index (χ0v) is 27.6. The van der Waals surface area contributed by atoms with Crippen molar-refractivity contribution in [1.82, 2.24) is 15.0 Å². The minimum Gasteiger partial charge on any atom is -0.310 e. The van der Waals surface area contributed by atoms with Crippen LogP contribution in [0.4, 0.5) is 17.1 Å². The predicted molar refractivity (Wildman–Crippen MR) is 213 cm³/mol. The first-order chi connectivity index (χ1) is 25.3. The van der Waals surface area contributed by atoms with Crippen LogP contribution in [-0.2, 0) is 0 Å². The van der Waals surface area contributed by atoms with Crippen molar-refractivity contribution in [2.45, 2.75) is 0 Å². The number of aromatic nitrogens is 3. The molecule has 3 heterocycles. The summed E-state index contributed by atoms with van der Waals surface area (Å²) in [5.74, 6) is 0. The molecule has 3 aromatic heterocycles. The fraction of sp³-hybridized carbons (Fsp3) is 0. The number of para-hydroxylation sites is 2. The van der Waals surface area contributed by atoms with Crippen LogP contribution in [0.15, 0.2) is 182 Å². The van der Waals surface area contributed by atoms with Crippen LogP contribution in [0.5, 0.6) is 0 Å². The molecule has 0 saturated carbocycles. The molecule has 0 bridgehead atoms. The van der Waals surface area contributed by atoms with Crippen LogP contribution in [0.2, 0.25) is 0 Å². The summed E-state index contributed by atoms with van der Waals surface area (Å²) in [7, 11) is 0. The van der Waals surface area contributed by atoms with Crippen molar-refractivity contribution in [3.8, 4) is 22.4 Å². The van der Waals surface area contributed by atoms with Crippen LogP contribution in [0.3, 0.4) is 0 Å². The molecule has 0 aliphatic rings. The fourth-order valence-corrected chi connectivity index (χ4v) is 7.68. The number of benzene rings is 7. The molecule has 0 spiro atoms. The highest BCUT2D eigenvalue weighted by Crippen LogP contribution is 2.49. The number of pyridine rings is 3. The van der Waals surface area contributed by atoms with Crippen LogP contribution < -0.4 is 4.90 Å². The van der Waals surface area contributed by atoms with Gasteiger partial charge in [0.05, 0.1) is 27.9 Å². The summed E-state index contributed by atoms with van der Waals surface area (Å²) in [5.41, 5.74) is 10.2. The van der Waals surface area contributed by atoms with Crippen LogP contribution in [0, 0.1) is 0 Å². The predicted octanol–water partition coefficient (Wildman–Crippen LogP) is 12.4. The van der Waals surface area contributed by atoms with Gasteiger partial charge in [-0.25, -0.2) is 4.98 Å². The van der Waals surface area contributed by atoms with E-state index in [0.29, 0.717) is 0 Å². The summed E-state index contributed by atoms with van der Waals surface area (Å²) >= 11 is 0. The van der Waals surface area contributed by atoms with Gasteiger partial charge in [0, 0.05) is 56.3 Å². The zero-order chi connectivity index (χ0) is 33.7. The van der Waals surface area contributed by atoms with Gasteiger partial charge in [0.15, 0.2) is 0 Å². The molecule has 0 amide bonds. The SMILES string of the molecule is c1ccc(-c2nc3cccc(-c4ccnc5c4ccc4cccnc45)c3c3c2c(N(c2ccccc2)c2ccccc2)cc2ccccc23)cc1. The van der Waals surface area contributed by atoms with E-state index in [1.807, 2.05) is 18.5 Å². The van der Waals surface area contributed by atoms with E-state index >= 15 is 0 Å². The van der Waals surface area contributed by atoms with Gasteiger partial charge in [0.1, 0.15) is 0 Å². The van der Waals surface area contributed by atoms with E-state index in [4.69, 9.17) is 15.0 Å². The molecule has 10 aromatic rings. The first-order valence-electron chi connectivity index (χ1n) is 17.2. The van der Waals surface area contributed by atoms with Crippen molar-refractivity contribution in [2.75, 3.05) is 4.90 Å². The molecular formula is C47H30N4. The topological polar surface area (TPSA) is 41.9 Å². The lowest BCUT2D eigenvalue weighted by Crippen LogP contribution is -2.11. The number of fused-ring (bicyclic) bond motifs is 8. The maximum atomic E-state index is 5.57. The largest absolute Gasteiger partial charge is 0.310 e. The molecule has 0 N–H and O–H groups in total. The normalized spacial score (nSPS) is 11.5. The van der Waals surface area contributed by atoms with Gasteiger partial charge in [-0.15, -0.1) is 0 Å². The molecule has 0 aliphatic carbocycles. The molecule has 238 valence electrons. The van der Waals surface area contributed by atoms with Gasteiger partial charge in [-0.05, 0) is 70.4 Å². The van der Waals surface area contributed by atoms with Crippen LogP contribution in [-0.4, -0.2) is 15.0 Å². The highest BCUT2D eigenvalue weighted by atomic mass is 15.1. The van der Waals surface area contributed by atoms with E-state index in [2.05, 4.69) is 169 Å². The number of hydrogen-bond donors (Lipinski definition) is 0. The third-order valence-corrected chi connectivity index (χ3v) is 9.88. The highest BCUT2D eigenvalue weighted by Gasteiger charge is 2.24. The van der Waals surface area contributed by atoms with E-state index in [0.717, 1.165) is 82.9 Å². The Morgan fingerprint density at radius 3 is 1.88 bits per heavy atom. The molecule has 0 unspecified atom stereocenters. The molecule has 0 saturated heterocycles. The van der Waals surface area contributed by atoms with Crippen molar-refractivity contribution in [3.05, 3.63) is 182 Å². The Balaban J connectivity index is 1.42. The maximum absolute atomic E-state index is 5.57. The van der Waals surface area contributed by atoms with Crippen molar-refractivity contribution in [3.63, 3.8) is 0 Å². The Bertz CT molecular complexity index is 2870. The standard InChI is InChI=1S/C47H30N4/c1-4-14-31(15-5-1)45-44-41(51(34-18-6-2-7-19-34)35-20-8-3-9-21-35)30-33-16-10-11-22-36(33)43(44)42-38(23-12-24-40(42)50-45)37-27-29-49-47-39(37)26-25-32-17-13-28-48-46(32)47/h1-30H. The molecule has 10 rings (SSSR count). The number of nitrogens with zero attached hydrogens (tertiary/aromatic N) is 4. The van der Waals surface area contributed by atoms with Crippen LogP contribution >= 0.6 is 0 Å². The van der Waals surface area contributed by atoms with Gasteiger partial charge in [0.2, 0.25) is 0 Å². The Hall–Kier alpha value is -6.91. The number of anilines is 3. The van der Waals surface area contributed by atoms with Crippen molar-refractivity contribution in [2.24, 2.45) is 0 Å². The van der Waals surface area contributed by atoms with Gasteiger partial charge < -0.3 is 4.90 Å². The first kappa shape index (κ1) is 29.0. The van der Waals surface area contributed by atoms with Crippen molar-refractivity contribution in [1.29, 1.82) is 0 Å². The second-order valence-electron chi connectivity index (χ2n) is 12.8. The van der Waals surface area contributed by atoms with E-state index in [1.165, 1.54) is 10.8 Å². The molecule has 51 heavy (non-hydrogen) atoms. The van der Waals surface area contributed by atoms with E-state index in [9.17, 15) is 0 Å². The quantitative estimate of drug-likeness (QED) is 0.174. The lowest BCUT2D eigenvalue weighted by Gasteiger charge is -2.29. The Labute approximate surface area is 294 Å². The Kier molecular flexibility index (Phi) is 6.78. The average Bonchev–Trinajstić information content (AvgIpc) is 3.21. The summed E-state index contributed by atoms with van der Waals surface area (Å²) in [4.78, 5) is 17.6. The van der Waals surface area contributed by atoms with E-state index in [1.54, 1.807) is 0 Å². The van der Waals surface area contributed by atoms with Gasteiger partial charge in [-0.1, -0.05) is 121 Å². The summed E-state index contributed by atoms with van der Waals surface area (Å²) < 4.78 is 0. The summed E-state index contributed by atoms with van der Waals surface area (Å²) in [6, 6.07) is 60.0. The molecule has 0 aliphatic heterocycles. The van der Waals surface area contributed by atoms with Crippen LogP contribution in [0.1, 0.15) is 0 Å². The second-order valence-corrected chi connectivity index (χ2v) is 12.8. The van der Waals surface area contributed by atoms with Crippen LogP contribution in [0.25, 0.3) is 76.6 Å². The van der Waals surface area contributed by atoms with Crippen molar-refractivity contribution < 1.29 is 0 Å². The average molecular weight is 651 g/mol.